The molecule has 6 heteroatoms. The average molecular weight is 420 g/mol. The highest BCUT2D eigenvalue weighted by Gasteiger charge is 2.33. The lowest BCUT2D eigenvalue weighted by Crippen LogP contribution is -2.37. The molecule has 1 unspecified atom stereocenters. The first-order valence-corrected chi connectivity index (χ1v) is 11.1. The number of carbonyl (C=O) groups is 2. The number of ether oxygens (including phenoxy) is 1. The summed E-state index contributed by atoms with van der Waals surface area (Å²) in [7, 11) is 0. The lowest BCUT2D eigenvalue weighted by Gasteiger charge is -2.24. The maximum atomic E-state index is 12.8. The van der Waals surface area contributed by atoms with Gasteiger partial charge in [-0.05, 0) is 30.5 Å². The summed E-state index contributed by atoms with van der Waals surface area (Å²) in [5, 5.41) is 6.45. The normalized spacial score (nSPS) is 19.4. The number of likely N-dealkylation sites (tertiary alicyclic amines) is 1. The summed E-state index contributed by atoms with van der Waals surface area (Å²) >= 11 is 0. The van der Waals surface area contributed by atoms with Crippen molar-refractivity contribution >= 4 is 23.3 Å². The highest BCUT2D eigenvalue weighted by Crippen LogP contribution is 2.35. The van der Waals surface area contributed by atoms with Gasteiger partial charge in [-0.15, -0.1) is 0 Å². The summed E-state index contributed by atoms with van der Waals surface area (Å²) in [6.45, 7) is 1.27. The number of anilines is 1. The van der Waals surface area contributed by atoms with Gasteiger partial charge >= 0.3 is 5.97 Å². The predicted octanol–water partition coefficient (Wildman–Crippen LogP) is 4.33. The monoisotopic (exact) mass is 419 g/mol. The lowest BCUT2D eigenvalue weighted by atomic mass is 10.0. The predicted molar refractivity (Wildman–Crippen MR) is 121 cm³/mol. The van der Waals surface area contributed by atoms with E-state index in [0.29, 0.717) is 12.1 Å². The van der Waals surface area contributed by atoms with Gasteiger partial charge in [0.1, 0.15) is 5.71 Å². The van der Waals surface area contributed by atoms with Crippen LogP contribution in [-0.4, -0.2) is 42.2 Å². The Morgan fingerprint density at radius 3 is 2.16 bits per heavy atom. The van der Waals surface area contributed by atoms with Crippen LogP contribution in [0.15, 0.2) is 65.8 Å². The Kier molecular flexibility index (Phi) is 6.97. The van der Waals surface area contributed by atoms with Crippen LogP contribution in [0.2, 0.25) is 0 Å². The second-order valence-corrected chi connectivity index (χ2v) is 8.08. The zero-order valence-electron chi connectivity index (χ0n) is 17.8. The number of rotatable bonds is 5. The van der Waals surface area contributed by atoms with Crippen molar-refractivity contribution in [2.45, 2.75) is 44.6 Å². The van der Waals surface area contributed by atoms with Crippen LogP contribution in [0, 0.1) is 0 Å². The van der Waals surface area contributed by atoms with Crippen molar-refractivity contribution in [3.63, 3.8) is 0 Å². The van der Waals surface area contributed by atoms with Crippen molar-refractivity contribution in [2.24, 2.45) is 5.10 Å². The van der Waals surface area contributed by atoms with E-state index in [9.17, 15) is 9.59 Å². The Balaban J connectivity index is 1.43. The smallest absolute Gasteiger partial charge is 0.355 e. The molecule has 2 heterocycles. The van der Waals surface area contributed by atoms with E-state index in [1.807, 2.05) is 70.6 Å². The number of amides is 1. The molecule has 0 saturated carbocycles. The minimum Gasteiger partial charge on any atom is -0.451 e. The van der Waals surface area contributed by atoms with Crippen molar-refractivity contribution in [1.82, 2.24) is 4.90 Å². The Morgan fingerprint density at radius 1 is 0.871 bits per heavy atom. The van der Waals surface area contributed by atoms with Gasteiger partial charge in [0.15, 0.2) is 6.61 Å². The summed E-state index contributed by atoms with van der Waals surface area (Å²) < 4.78 is 5.39. The fraction of sp³-hybridized carbons (Fsp3) is 0.400. The highest BCUT2D eigenvalue weighted by molar-refractivity contribution is 6.37. The van der Waals surface area contributed by atoms with Crippen LogP contribution >= 0.6 is 0 Å². The van der Waals surface area contributed by atoms with Gasteiger partial charge < -0.3 is 9.64 Å². The molecule has 0 aromatic heterocycles. The summed E-state index contributed by atoms with van der Waals surface area (Å²) in [6, 6.07) is 19.7. The van der Waals surface area contributed by atoms with E-state index in [4.69, 9.17) is 4.74 Å². The third-order valence-corrected chi connectivity index (χ3v) is 5.89. The molecule has 2 aliphatic rings. The molecular weight excluding hydrogens is 390 g/mol. The van der Waals surface area contributed by atoms with Gasteiger partial charge in [-0.2, -0.15) is 5.10 Å². The number of nitrogens with zero attached hydrogens (tertiary/aromatic N) is 3. The molecule has 0 bridgehead atoms. The molecule has 162 valence electrons. The number of carbonyl (C=O) groups excluding carboxylic acids is 2. The molecule has 2 aliphatic heterocycles. The van der Waals surface area contributed by atoms with E-state index >= 15 is 0 Å². The van der Waals surface area contributed by atoms with Gasteiger partial charge in [0.2, 0.25) is 0 Å². The van der Waals surface area contributed by atoms with Crippen LogP contribution < -0.4 is 5.01 Å². The summed E-state index contributed by atoms with van der Waals surface area (Å²) in [5.74, 6) is -0.631. The number of benzene rings is 2. The van der Waals surface area contributed by atoms with Crippen LogP contribution in [-0.2, 0) is 14.3 Å². The van der Waals surface area contributed by atoms with Crippen LogP contribution in [0.25, 0.3) is 0 Å². The van der Waals surface area contributed by atoms with E-state index < -0.39 is 5.97 Å². The van der Waals surface area contributed by atoms with Gasteiger partial charge in [0.05, 0.1) is 11.7 Å². The minimum absolute atomic E-state index is 0.0868. The molecule has 4 rings (SSSR count). The van der Waals surface area contributed by atoms with Crippen molar-refractivity contribution in [3.8, 4) is 0 Å². The molecule has 31 heavy (non-hydrogen) atoms. The van der Waals surface area contributed by atoms with Gasteiger partial charge in [0.25, 0.3) is 5.91 Å². The van der Waals surface area contributed by atoms with E-state index in [1.165, 1.54) is 6.42 Å². The molecule has 1 atom stereocenters. The molecule has 1 fully saturated rings. The standard InChI is InChI=1S/C25H29N3O3/c29-24(27-16-10-2-1-3-11-17-27)19-31-25(30)22-18-23(20-12-6-4-7-13-20)28(26-22)21-14-8-5-9-15-21/h4-9,12-15,23H,1-3,10-11,16-19H2. The van der Waals surface area contributed by atoms with E-state index in [0.717, 1.165) is 50.0 Å². The lowest BCUT2D eigenvalue weighted by molar-refractivity contribution is -0.147. The molecular formula is C25H29N3O3. The van der Waals surface area contributed by atoms with Crippen LogP contribution in [0.3, 0.4) is 0 Å². The topological polar surface area (TPSA) is 62.2 Å². The Morgan fingerprint density at radius 2 is 1.48 bits per heavy atom. The number of esters is 1. The third-order valence-electron chi connectivity index (χ3n) is 5.89. The highest BCUT2D eigenvalue weighted by atomic mass is 16.5. The molecule has 0 radical (unpaired) electrons. The first-order chi connectivity index (χ1) is 15.2. The van der Waals surface area contributed by atoms with Crippen molar-refractivity contribution in [3.05, 3.63) is 66.2 Å². The van der Waals surface area contributed by atoms with Crippen LogP contribution in [0.4, 0.5) is 5.69 Å². The quantitative estimate of drug-likeness (QED) is 0.677. The fourth-order valence-electron chi connectivity index (χ4n) is 4.19. The number of para-hydroxylation sites is 1. The second-order valence-electron chi connectivity index (χ2n) is 8.08. The van der Waals surface area contributed by atoms with Crippen LogP contribution in [0.1, 0.15) is 50.1 Å². The van der Waals surface area contributed by atoms with Crippen LogP contribution in [0.5, 0.6) is 0 Å². The Hall–Kier alpha value is -3.15. The first kappa shape index (κ1) is 21.1. The molecule has 1 saturated heterocycles. The molecule has 0 N–H and O–H groups in total. The molecule has 0 spiro atoms. The zero-order chi connectivity index (χ0) is 21.5. The first-order valence-electron chi connectivity index (χ1n) is 11.1. The SMILES string of the molecule is O=C(OCC(=O)N1CCCCCCC1)C1=NN(c2ccccc2)C(c2ccccc2)C1. The van der Waals surface area contributed by atoms with Gasteiger partial charge in [-0.1, -0.05) is 67.8 Å². The summed E-state index contributed by atoms with van der Waals surface area (Å²) in [6.07, 6.45) is 5.99. The van der Waals surface area contributed by atoms with E-state index in [-0.39, 0.29) is 18.6 Å². The van der Waals surface area contributed by atoms with Gasteiger partial charge in [-0.25, -0.2) is 4.79 Å². The van der Waals surface area contributed by atoms with E-state index in [2.05, 4.69) is 5.10 Å². The molecule has 6 nitrogen and oxygen atoms in total. The molecule has 0 aliphatic carbocycles. The van der Waals surface area contributed by atoms with Gasteiger partial charge in [-0.3, -0.25) is 9.80 Å². The summed E-state index contributed by atoms with van der Waals surface area (Å²) in [5.41, 5.74) is 2.34. The minimum atomic E-state index is -0.514. The van der Waals surface area contributed by atoms with E-state index in [1.54, 1.807) is 0 Å². The maximum Gasteiger partial charge on any atom is 0.355 e. The van der Waals surface area contributed by atoms with Crippen molar-refractivity contribution < 1.29 is 14.3 Å². The molecule has 1 amide bonds. The second kappa shape index (κ2) is 10.2. The van der Waals surface area contributed by atoms with Crippen molar-refractivity contribution in [1.29, 1.82) is 0 Å². The van der Waals surface area contributed by atoms with Gasteiger partial charge in [0, 0.05) is 19.5 Å². The average Bonchev–Trinajstić information content (AvgIpc) is 3.24. The fourth-order valence-corrected chi connectivity index (χ4v) is 4.19. The Bertz CT molecular complexity index is 906. The number of hydrogen-bond acceptors (Lipinski definition) is 5. The van der Waals surface area contributed by atoms with Crippen molar-refractivity contribution in [2.75, 3.05) is 24.7 Å². The largest absolute Gasteiger partial charge is 0.451 e. The maximum absolute atomic E-state index is 12.8. The number of hydrazone groups is 1. The summed E-state index contributed by atoms with van der Waals surface area (Å²) in [4.78, 5) is 27.1. The zero-order valence-corrected chi connectivity index (χ0v) is 17.8. The molecule has 2 aromatic carbocycles. The number of hydrogen-bond donors (Lipinski definition) is 0. The Labute approximate surface area is 183 Å². The molecule has 2 aromatic rings. The third kappa shape index (κ3) is 5.32.